The molecule has 0 saturated heterocycles. The number of rotatable bonds is 52. The third-order valence-corrected chi connectivity index (χ3v) is 12.5. The van der Waals surface area contributed by atoms with Crippen LogP contribution in [-0.2, 0) is 28.6 Å². The van der Waals surface area contributed by atoms with Crippen LogP contribution in [0.1, 0.15) is 284 Å². The summed E-state index contributed by atoms with van der Waals surface area (Å²) in [6.45, 7) is 6.43. The summed E-state index contributed by atoms with van der Waals surface area (Å²) in [5, 5.41) is 0. The molecule has 0 heterocycles. The molecule has 0 radical (unpaired) electrons. The van der Waals surface area contributed by atoms with Crippen molar-refractivity contribution in [3.63, 3.8) is 0 Å². The second kappa shape index (κ2) is 56.4. The van der Waals surface area contributed by atoms with Crippen LogP contribution in [0.25, 0.3) is 0 Å². The van der Waals surface area contributed by atoms with Gasteiger partial charge in [0.2, 0.25) is 0 Å². The van der Waals surface area contributed by atoms with Crippen molar-refractivity contribution in [2.24, 2.45) is 0 Å². The summed E-state index contributed by atoms with van der Waals surface area (Å²) in [4.78, 5) is 38.0. The van der Waals surface area contributed by atoms with Gasteiger partial charge in [0.25, 0.3) is 0 Å². The highest BCUT2D eigenvalue weighted by atomic mass is 16.6. The zero-order valence-corrected chi connectivity index (χ0v) is 44.9. The predicted molar refractivity (Wildman–Crippen MR) is 293 cm³/mol. The molecule has 0 rings (SSSR count). The van der Waals surface area contributed by atoms with Crippen LogP contribution in [0.5, 0.6) is 0 Å². The van der Waals surface area contributed by atoms with Crippen LogP contribution >= 0.6 is 0 Å². The molecule has 6 nitrogen and oxygen atoms in total. The molecule has 392 valence electrons. The molecule has 0 aromatic heterocycles. The van der Waals surface area contributed by atoms with Crippen LogP contribution in [0.2, 0.25) is 0 Å². The first-order chi connectivity index (χ1) is 33.5. The number of ether oxygens (including phenoxy) is 3. The van der Waals surface area contributed by atoms with Crippen LogP contribution < -0.4 is 0 Å². The Labute approximate surface area is 421 Å². The van der Waals surface area contributed by atoms with E-state index in [9.17, 15) is 14.4 Å². The van der Waals surface area contributed by atoms with E-state index in [0.29, 0.717) is 12.8 Å². The Morgan fingerprint density at radius 1 is 0.324 bits per heavy atom. The molecule has 0 saturated carbocycles. The fraction of sp³-hybridized carbons (Fsp3) is 0.758. The molecule has 0 N–H and O–H groups in total. The molecule has 0 aromatic carbocycles. The normalized spacial score (nSPS) is 12.6. The molecule has 6 heteroatoms. The summed E-state index contributed by atoms with van der Waals surface area (Å²) >= 11 is 0. The van der Waals surface area contributed by atoms with Gasteiger partial charge >= 0.3 is 17.9 Å². The van der Waals surface area contributed by atoms with Crippen molar-refractivity contribution in [1.29, 1.82) is 0 Å². The Kier molecular flexibility index (Phi) is 53.8. The Bertz CT molecular complexity index is 1270. The third kappa shape index (κ3) is 53.8. The van der Waals surface area contributed by atoms with E-state index < -0.39 is 12.1 Å². The molecule has 0 aromatic rings. The quantitative estimate of drug-likeness (QED) is 0.0262. The minimum Gasteiger partial charge on any atom is -0.462 e. The maximum Gasteiger partial charge on any atom is 0.310 e. The SMILES string of the molecule is CC/C=C\C/C=C\C/C=C\C/C=C\C/C=C\CC(=O)OC(COC(=O)CCCCCCC/C=C\CCCCC)COC(=O)CCCCCCCCCCCCCCCCCCCCCCCCC. The first kappa shape index (κ1) is 64.8. The monoisotopic (exact) mass is 949 g/mol. The highest BCUT2D eigenvalue weighted by molar-refractivity contribution is 5.72. The van der Waals surface area contributed by atoms with Crippen LogP contribution in [0, 0.1) is 0 Å². The maximum atomic E-state index is 12.8. The molecule has 0 amide bonds. The van der Waals surface area contributed by atoms with Gasteiger partial charge in [-0.05, 0) is 70.6 Å². The lowest BCUT2D eigenvalue weighted by Gasteiger charge is -2.18. The van der Waals surface area contributed by atoms with Crippen molar-refractivity contribution < 1.29 is 28.6 Å². The standard InChI is InChI=1S/C62H108O6/c1-4-7-10-13-16-19-22-25-27-28-29-30-31-32-33-34-36-37-40-43-46-49-52-55-61(64)67-58-59(57-66-60(63)54-51-48-45-42-39-24-21-18-15-12-9-6-3)68-62(65)56-53-50-47-44-41-38-35-26-23-20-17-14-11-8-5-2/h8,11,17-18,20-21,26,35,41,44,50,53,59H,4-7,9-10,12-16,19,22-25,27-34,36-40,42-43,45-49,51-52,54-58H2,1-3H3/b11-8-,20-17-,21-18-,35-26-,44-41-,53-50-. The summed E-state index contributed by atoms with van der Waals surface area (Å²) in [6.07, 6.45) is 72.2. The van der Waals surface area contributed by atoms with Gasteiger partial charge in [-0.3, -0.25) is 14.4 Å². The van der Waals surface area contributed by atoms with Crippen molar-refractivity contribution in [3.8, 4) is 0 Å². The van der Waals surface area contributed by atoms with E-state index in [1.807, 2.05) is 6.08 Å². The van der Waals surface area contributed by atoms with Gasteiger partial charge in [0.1, 0.15) is 13.2 Å². The van der Waals surface area contributed by atoms with Gasteiger partial charge in [-0.2, -0.15) is 0 Å². The van der Waals surface area contributed by atoms with Gasteiger partial charge in [-0.15, -0.1) is 0 Å². The van der Waals surface area contributed by atoms with Crippen LogP contribution in [0.15, 0.2) is 72.9 Å². The molecule has 0 bridgehead atoms. The average Bonchev–Trinajstić information content (AvgIpc) is 3.34. The van der Waals surface area contributed by atoms with Crippen LogP contribution in [0.4, 0.5) is 0 Å². The van der Waals surface area contributed by atoms with Crippen molar-refractivity contribution in [1.82, 2.24) is 0 Å². The third-order valence-electron chi connectivity index (χ3n) is 12.5. The van der Waals surface area contributed by atoms with E-state index in [4.69, 9.17) is 14.2 Å². The van der Waals surface area contributed by atoms with E-state index in [0.717, 1.165) is 83.5 Å². The van der Waals surface area contributed by atoms with E-state index in [1.54, 1.807) is 6.08 Å². The lowest BCUT2D eigenvalue weighted by Crippen LogP contribution is -2.30. The second-order valence-electron chi connectivity index (χ2n) is 19.2. The highest BCUT2D eigenvalue weighted by Gasteiger charge is 2.19. The van der Waals surface area contributed by atoms with Crippen molar-refractivity contribution in [2.45, 2.75) is 290 Å². The van der Waals surface area contributed by atoms with E-state index in [2.05, 4.69) is 81.5 Å². The summed E-state index contributed by atoms with van der Waals surface area (Å²) in [6, 6.07) is 0. The Hall–Kier alpha value is -3.15. The number of hydrogen-bond acceptors (Lipinski definition) is 6. The minimum atomic E-state index is -0.831. The second-order valence-corrected chi connectivity index (χ2v) is 19.2. The first-order valence-corrected chi connectivity index (χ1v) is 28.9. The van der Waals surface area contributed by atoms with Crippen molar-refractivity contribution in [3.05, 3.63) is 72.9 Å². The van der Waals surface area contributed by atoms with Gasteiger partial charge in [-0.25, -0.2) is 0 Å². The number of unbranched alkanes of at least 4 members (excludes halogenated alkanes) is 30. The number of carbonyl (C=O) groups is 3. The Morgan fingerprint density at radius 2 is 0.618 bits per heavy atom. The average molecular weight is 950 g/mol. The fourth-order valence-corrected chi connectivity index (χ4v) is 8.16. The summed E-state index contributed by atoms with van der Waals surface area (Å²) in [5.41, 5.74) is 0. The minimum absolute atomic E-state index is 0.0973. The predicted octanol–water partition coefficient (Wildman–Crippen LogP) is 19.4. The number of carbonyl (C=O) groups excluding carboxylic acids is 3. The molecule has 0 aliphatic carbocycles. The van der Waals surface area contributed by atoms with Gasteiger partial charge in [0.15, 0.2) is 6.10 Å². The van der Waals surface area contributed by atoms with Gasteiger partial charge in [0, 0.05) is 12.8 Å². The molecule has 0 fully saturated rings. The summed E-state index contributed by atoms with van der Waals surface area (Å²) in [5.74, 6) is -1.05. The molecule has 1 atom stereocenters. The summed E-state index contributed by atoms with van der Waals surface area (Å²) in [7, 11) is 0. The van der Waals surface area contributed by atoms with Gasteiger partial charge in [-0.1, -0.05) is 267 Å². The Morgan fingerprint density at radius 3 is 0.985 bits per heavy atom. The molecule has 0 aliphatic rings. The zero-order valence-electron chi connectivity index (χ0n) is 44.9. The van der Waals surface area contributed by atoms with Crippen LogP contribution in [-0.4, -0.2) is 37.2 Å². The number of esters is 3. The maximum absolute atomic E-state index is 12.8. The highest BCUT2D eigenvalue weighted by Crippen LogP contribution is 2.16. The van der Waals surface area contributed by atoms with E-state index in [-0.39, 0.29) is 31.6 Å². The smallest absolute Gasteiger partial charge is 0.310 e. The Balaban J connectivity index is 4.34. The molecule has 1 unspecified atom stereocenters. The van der Waals surface area contributed by atoms with Crippen LogP contribution in [0.3, 0.4) is 0 Å². The van der Waals surface area contributed by atoms with E-state index >= 15 is 0 Å². The summed E-state index contributed by atoms with van der Waals surface area (Å²) < 4.78 is 16.7. The topological polar surface area (TPSA) is 78.9 Å². The molecule has 0 aliphatic heterocycles. The largest absolute Gasteiger partial charge is 0.462 e. The molecular weight excluding hydrogens is 841 g/mol. The van der Waals surface area contributed by atoms with E-state index in [1.165, 1.54) is 161 Å². The lowest BCUT2D eigenvalue weighted by molar-refractivity contribution is -0.166. The van der Waals surface area contributed by atoms with Gasteiger partial charge in [0.05, 0.1) is 6.42 Å². The molecule has 0 spiro atoms. The first-order valence-electron chi connectivity index (χ1n) is 28.9. The number of hydrogen-bond donors (Lipinski definition) is 0. The fourth-order valence-electron chi connectivity index (χ4n) is 8.16. The molecular formula is C62H108O6. The zero-order chi connectivity index (χ0) is 49.3. The lowest BCUT2D eigenvalue weighted by atomic mass is 10.0. The van der Waals surface area contributed by atoms with Gasteiger partial charge < -0.3 is 14.2 Å². The molecule has 68 heavy (non-hydrogen) atoms. The van der Waals surface area contributed by atoms with Crippen molar-refractivity contribution in [2.75, 3.05) is 13.2 Å². The van der Waals surface area contributed by atoms with Crippen molar-refractivity contribution >= 4 is 17.9 Å². The number of allylic oxidation sites excluding steroid dienone is 11.